The normalized spacial score (nSPS) is 15.8. The quantitative estimate of drug-likeness (QED) is 0.132. The monoisotopic (exact) mass is 447 g/mol. The molecule has 13 heteroatoms. The van der Waals surface area contributed by atoms with Gasteiger partial charge in [-0.15, -0.1) is 0 Å². The van der Waals surface area contributed by atoms with E-state index >= 15 is 0 Å². The molecule has 0 aromatic rings. The van der Waals surface area contributed by atoms with Gasteiger partial charge in [0.2, 0.25) is 23.6 Å². The van der Waals surface area contributed by atoms with Crippen molar-refractivity contribution < 1.29 is 39.3 Å². The van der Waals surface area contributed by atoms with Crippen molar-refractivity contribution in [2.45, 2.75) is 70.3 Å². The van der Waals surface area contributed by atoms with E-state index in [-0.39, 0.29) is 25.2 Å². The lowest BCUT2D eigenvalue weighted by molar-refractivity contribution is -0.143. The van der Waals surface area contributed by atoms with Gasteiger partial charge in [-0.25, -0.2) is 4.79 Å². The van der Waals surface area contributed by atoms with E-state index in [4.69, 9.17) is 21.7 Å². The number of carbonyl (C=O) groups is 5. The average molecular weight is 447 g/mol. The molecular weight excluding hydrogens is 414 g/mol. The topological polar surface area (TPSA) is 234 Å². The highest BCUT2D eigenvalue weighted by atomic mass is 16.4. The lowest BCUT2D eigenvalue weighted by Crippen LogP contribution is -2.58. The number of primary amides is 1. The van der Waals surface area contributed by atoms with E-state index in [1.165, 1.54) is 6.92 Å². The standard InChI is InChI=1S/C18H33N5O8/c1-8(2)6-11(22-17(29)14(20)9(3)25)16(28)21-10(4-5-13(19)26)15(27)23-12(7-24)18(30)31/h8-12,14,24-25H,4-7,20H2,1-3H3,(H2,19,26)(H,21,28)(H,22,29)(H,23,27)(H,30,31). The Kier molecular flexibility index (Phi) is 12.3. The highest BCUT2D eigenvalue weighted by molar-refractivity contribution is 5.94. The Bertz CT molecular complexity index is 655. The third-order valence-electron chi connectivity index (χ3n) is 4.27. The van der Waals surface area contributed by atoms with Crippen LogP contribution in [0.3, 0.4) is 0 Å². The maximum atomic E-state index is 12.8. The number of carbonyl (C=O) groups excluding carboxylic acids is 4. The first-order valence-electron chi connectivity index (χ1n) is 9.76. The first kappa shape index (κ1) is 28.2. The van der Waals surface area contributed by atoms with Crippen molar-refractivity contribution in [1.29, 1.82) is 0 Å². The van der Waals surface area contributed by atoms with Crippen LogP contribution in [0.15, 0.2) is 0 Å². The molecule has 10 N–H and O–H groups in total. The third-order valence-corrected chi connectivity index (χ3v) is 4.27. The molecule has 13 nitrogen and oxygen atoms in total. The summed E-state index contributed by atoms with van der Waals surface area (Å²) in [6, 6.07) is -5.37. The second kappa shape index (κ2) is 13.5. The molecule has 0 radical (unpaired) electrons. The molecule has 0 aliphatic rings. The Hall–Kier alpha value is -2.77. The van der Waals surface area contributed by atoms with Crippen LogP contribution in [0.25, 0.3) is 0 Å². The summed E-state index contributed by atoms with van der Waals surface area (Å²) in [5.41, 5.74) is 10.7. The van der Waals surface area contributed by atoms with Gasteiger partial charge in [-0.2, -0.15) is 0 Å². The zero-order valence-corrected chi connectivity index (χ0v) is 17.8. The number of hydrogen-bond donors (Lipinski definition) is 8. The van der Waals surface area contributed by atoms with E-state index in [1.807, 2.05) is 0 Å². The highest BCUT2D eigenvalue weighted by Crippen LogP contribution is 2.08. The van der Waals surface area contributed by atoms with Crippen LogP contribution in [0, 0.1) is 5.92 Å². The van der Waals surface area contributed by atoms with Crippen molar-refractivity contribution in [3.63, 3.8) is 0 Å². The summed E-state index contributed by atoms with van der Waals surface area (Å²) in [5, 5.41) is 34.3. The molecule has 0 aromatic heterocycles. The second-order valence-corrected chi connectivity index (χ2v) is 7.61. The summed E-state index contributed by atoms with van der Waals surface area (Å²) in [6.45, 7) is 4.00. The van der Waals surface area contributed by atoms with Crippen LogP contribution in [0.4, 0.5) is 0 Å². The summed E-state index contributed by atoms with van der Waals surface area (Å²) >= 11 is 0. The zero-order valence-electron chi connectivity index (χ0n) is 17.8. The van der Waals surface area contributed by atoms with Crippen molar-refractivity contribution in [2.24, 2.45) is 17.4 Å². The van der Waals surface area contributed by atoms with E-state index in [9.17, 15) is 29.1 Å². The van der Waals surface area contributed by atoms with Crippen LogP contribution in [-0.4, -0.2) is 81.8 Å². The molecule has 5 atom stereocenters. The van der Waals surface area contributed by atoms with Crippen molar-refractivity contribution >= 4 is 29.6 Å². The number of rotatable bonds is 14. The fourth-order valence-electron chi connectivity index (χ4n) is 2.48. The fourth-order valence-corrected chi connectivity index (χ4v) is 2.48. The minimum atomic E-state index is -1.62. The zero-order chi connectivity index (χ0) is 24.3. The number of carboxylic acids is 1. The number of nitrogens with two attached hydrogens (primary N) is 2. The molecule has 0 aliphatic carbocycles. The minimum absolute atomic E-state index is 0.0532. The molecule has 0 heterocycles. The van der Waals surface area contributed by atoms with Crippen molar-refractivity contribution in [2.75, 3.05) is 6.61 Å². The number of aliphatic carboxylic acids is 1. The maximum absolute atomic E-state index is 12.8. The summed E-state index contributed by atoms with van der Waals surface area (Å²) in [6.07, 6.45) is -1.52. The lowest BCUT2D eigenvalue weighted by Gasteiger charge is -2.26. The second-order valence-electron chi connectivity index (χ2n) is 7.61. The average Bonchev–Trinajstić information content (AvgIpc) is 2.66. The number of hydrogen-bond acceptors (Lipinski definition) is 8. The fraction of sp³-hybridized carbons (Fsp3) is 0.722. The molecule has 0 saturated carbocycles. The minimum Gasteiger partial charge on any atom is -0.480 e. The van der Waals surface area contributed by atoms with Gasteiger partial charge in [-0.1, -0.05) is 13.8 Å². The Balaban J connectivity index is 5.49. The van der Waals surface area contributed by atoms with Crippen LogP contribution in [-0.2, 0) is 24.0 Å². The van der Waals surface area contributed by atoms with Gasteiger partial charge in [0.05, 0.1) is 12.7 Å². The molecule has 0 aromatic carbocycles. The van der Waals surface area contributed by atoms with Gasteiger partial charge in [-0.05, 0) is 25.7 Å². The lowest BCUT2D eigenvalue weighted by atomic mass is 10.0. The molecule has 0 saturated heterocycles. The van der Waals surface area contributed by atoms with Gasteiger partial charge < -0.3 is 42.7 Å². The van der Waals surface area contributed by atoms with Crippen molar-refractivity contribution in [3.05, 3.63) is 0 Å². The summed E-state index contributed by atoms with van der Waals surface area (Å²) in [5.74, 6) is -4.80. The summed E-state index contributed by atoms with van der Waals surface area (Å²) in [4.78, 5) is 59.5. The van der Waals surface area contributed by atoms with Crippen LogP contribution >= 0.6 is 0 Å². The molecule has 31 heavy (non-hydrogen) atoms. The molecule has 0 bridgehead atoms. The predicted octanol–water partition coefficient (Wildman–Crippen LogP) is -3.46. The summed E-state index contributed by atoms with van der Waals surface area (Å²) in [7, 11) is 0. The van der Waals surface area contributed by atoms with E-state index in [0.717, 1.165) is 0 Å². The predicted molar refractivity (Wildman–Crippen MR) is 108 cm³/mol. The number of amides is 4. The number of nitrogens with one attached hydrogen (secondary N) is 3. The molecule has 0 aliphatic heterocycles. The van der Waals surface area contributed by atoms with Crippen LogP contribution in [0.2, 0.25) is 0 Å². The van der Waals surface area contributed by atoms with Gasteiger partial charge in [0.25, 0.3) is 0 Å². The smallest absolute Gasteiger partial charge is 0.328 e. The Morgan fingerprint density at radius 2 is 1.35 bits per heavy atom. The van der Waals surface area contributed by atoms with Gasteiger partial charge in [0.15, 0.2) is 0 Å². The molecular formula is C18H33N5O8. The first-order chi connectivity index (χ1) is 14.3. The molecule has 0 fully saturated rings. The van der Waals surface area contributed by atoms with Crippen molar-refractivity contribution in [1.82, 2.24) is 16.0 Å². The SMILES string of the molecule is CC(C)CC(NC(=O)C(N)C(C)O)C(=O)NC(CCC(N)=O)C(=O)NC(CO)C(=O)O. The summed E-state index contributed by atoms with van der Waals surface area (Å²) < 4.78 is 0. The van der Waals surface area contributed by atoms with Gasteiger partial charge >= 0.3 is 5.97 Å². The molecule has 0 spiro atoms. The molecule has 5 unspecified atom stereocenters. The number of carboxylic acid groups (broad SMARTS) is 1. The molecule has 4 amide bonds. The largest absolute Gasteiger partial charge is 0.480 e. The van der Waals surface area contributed by atoms with Crippen LogP contribution in [0.1, 0.15) is 40.0 Å². The van der Waals surface area contributed by atoms with Crippen LogP contribution in [0.5, 0.6) is 0 Å². The number of aliphatic hydroxyl groups excluding tert-OH is 2. The van der Waals surface area contributed by atoms with E-state index in [0.29, 0.717) is 0 Å². The molecule has 178 valence electrons. The Morgan fingerprint density at radius 3 is 1.77 bits per heavy atom. The number of aliphatic hydroxyl groups is 2. The van der Waals surface area contributed by atoms with Gasteiger partial charge in [0, 0.05) is 6.42 Å². The van der Waals surface area contributed by atoms with Crippen LogP contribution < -0.4 is 27.4 Å². The Labute approximate surface area is 179 Å². The molecule has 0 rings (SSSR count). The maximum Gasteiger partial charge on any atom is 0.328 e. The van der Waals surface area contributed by atoms with E-state index in [2.05, 4.69) is 16.0 Å². The Morgan fingerprint density at radius 1 is 0.871 bits per heavy atom. The van der Waals surface area contributed by atoms with E-state index < -0.39 is 66.5 Å². The van der Waals surface area contributed by atoms with E-state index in [1.54, 1.807) is 13.8 Å². The van der Waals surface area contributed by atoms with Gasteiger partial charge in [0.1, 0.15) is 24.2 Å². The first-order valence-corrected chi connectivity index (χ1v) is 9.76. The third kappa shape index (κ3) is 10.7. The van der Waals surface area contributed by atoms with Gasteiger partial charge in [-0.3, -0.25) is 19.2 Å². The highest BCUT2D eigenvalue weighted by Gasteiger charge is 2.31. The van der Waals surface area contributed by atoms with Crippen molar-refractivity contribution in [3.8, 4) is 0 Å².